The molecule has 0 radical (unpaired) electrons. The maximum absolute atomic E-state index is 12.3. The molecule has 1 amide bonds. The number of anilines is 1. The van der Waals surface area contributed by atoms with Gasteiger partial charge in [0.25, 0.3) is 5.91 Å². The Morgan fingerprint density at radius 1 is 1.04 bits per heavy atom. The minimum atomic E-state index is -0.895. The van der Waals surface area contributed by atoms with Crippen molar-refractivity contribution in [2.24, 2.45) is 0 Å². The van der Waals surface area contributed by atoms with Crippen LogP contribution in [0.2, 0.25) is 0 Å². The van der Waals surface area contributed by atoms with Gasteiger partial charge >= 0.3 is 5.97 Å². The highest BCUT2D eigenvalue weighted by atomic mass is 32.1. The van der Waals surface area contributed by atoms with Crippen LogP contribution in [0.4, 0.5) is 5.69 Å². The monoisotopic (exact) mass is 372 g/mol. The zero-order valence-electron chi connectivity index (χ0n) is 13.7. The lowest BCUT2D eigenvalue weighted by Crippen LogP contribution is -2.34. The van der Waals surface area contributed by atoms with Crippen LogP contribution in [0.5, 0.6) is 11.5 Å². The van der Waals surface area contributed by atoms with Crippen LogP contribution >= 0.6 is 12.2 Å². The third-order valence-electron chi connectivity index (χ3n) is 3.60. The van der Waals surface area contributed by atoms with E-state index < -0.39 is 5.97 Å². The van der Waals surface area contributed by atoms with Gasteiger partial charge in [-0.3, -0.25) is 14.9 Å². The number of carboxylic acids is 1. The molecular weight excluding hydrogens is 356 g/mol. The van der Waals surface area contributed by atoms with E-state index in [0.717, 1.165) is 0 Å². The molecule has 0 atom stereocenters. The van der Waals surface area contributed by atoms with Crippen molar-refractivity contribution in [1.29, 1.82) is 0 Å². The number of benzene rings is 2. The van der Waals surface area contributed by atoms with Gasteiger partial charge in [0.1, 0.15) is 13.2 Å². The zero-order chi connectivity index (χ0) is 18.5. The van der Waals surface area contributed by atoms with Crippen LogP contribution in [0.1, 0.15) is 15.9 Å². The summed E-state index contributed by atoms with van der Waals surface area (Å²) in [4.78, 5) is 23.0. The normalized spacial score (nSPS) is 12.2. The van der Waals surface area contributed by atoms with E-state index in [-0.39, 0.29) is 17.4 Å². The van der Waals surface area contributed by atoms with Gasteiger partial charge in [-0.05, 0) is 48.1 Å². The second kappa shape index (κ2) is 7.83. The van der Waals surface area contributed by atoms with Gasteiger partial charge in [-0.25, -0.2) is 0 Å². The summed E-state index contributed by atoms with van der Waals surface area (Å²) in [7, 11) is 0. The molecule has 2 aromatic rings. The molecule has 0 unspecified atom stereocenters. The number of hydrogen-bond acceptors (Lipinski definition) is 5. The molecule has 0 aliphatic carbocycles. The zero-order valence-corrected chi connectivity index (χ0v) is 14.5. The van der Waals surface area contributed by atoms with Crippen molar-refractivity contribution in [3.63, 3.8) is 0 Å². The van der Waals surface area contributed by atoms with Gasteiger partial charge in [-0.2, -0.15) is 0 Å². The summed E-state index contributed by atoms with van der Waals surface area (Å²) < 4.78 is 10.9. The van der Waals surface area contributed by atoms with Crippen molar-refractivity contribution in [3.05, 3.63) is 53.6 Å². The smallest absolute Gasteiger partial charge is 0.307 e. The summed E-state index contributed by atoms with van der Waals surface area (Å²) in [6, 6.07) is 11.7. The molecular formula is C18H16N2O5S. The topological polar surface area (TPSA) is 96.9 Å². The highest BCUT2D eigenvalue weighted by Crippen LogP contribution is 2.30. The van der Waals surface area contributed by atoms with Crippen molar-refractivity contribution in [2.45, 2.75) is 6.42 Å². The molecule has 0 saturated heterocycles. The summed E-state index contributed by atoms with van der Waals surface area (Å²) in [6.07, 6.45) is -0.0500. The number of carbonyl (C=O) groups excluding carboxylic acids is 1. The van der Waals surface area contributed by atoms with Gasteiger partial charge < -0.3 is 19.9 Å². The predicted octanol–water partition coefficient (Wildman–Crippen LogP) is 2.21. The molecule has 0 fully saturated rings. The predicted molar refractivity (Wildman–Crippen MR) is 98.9 cm³/mol. The number of carboxylic acid groups (broad SMARTS) is 1. The fraction of sp³-hybridized carbons (Fsp3) is 0.167. The first-order valence-electron chi connectivity index (χ1n) is 7.84. The minimum absolute atomic E-state index is 0.0500. The summed E-state index contributed by atoms with van der Waals surface area (Å²) in [5.41, 5.74) is 1.72. The number of thiocarbonyl (C=S) groups is 1. The van der Waals surface area contributed by atoms with Crippen LogP contribution in [-0.4, -0.2) is 35.3 Å². The van der Waals surface area contributed by atoms with E-state index >= 15 is 0 Å². The molecule has 0 bridgehead atoms. The van der Waals surface area contributed by atoms with Crippen LogP contribution in [0.25, 0.3) is 0 Å². The number of amides is 1. The van der Waals surface area contributed by atoms with Crippen molar-refractivity contribution in [1.82, 2.24) is 5.32 Å². The Balaban J connectivity index is 1.59. The van der Waals surface area contributed by atoms with Crippen LogP contribution in [0, 0.1) is 0 Å². The summed E-state index contributed by atoms with van der Waals surface area (Å²) >= 11 is 5.14. The van der Waals surface area contributed by atoms with E-state index in [1.54, 1.807) is 42.5 Å². The number of fused-ring (bicyclic) bond motifs is 1. The Labute approximate surface area is 154 Å². The summed E-state index contributed by atoms with van der Waals surface area (Å²) in [5, 5.41) is 14.4. The Morgan fingerprint density at radius 2 is 1.73 bits per heavy atom. The van der Waals surface area contributed by atoms with Gasteiger partial charge in [0.2, 0.25) is 0 Å². The number of carbonyl (C=O) groups is 2. The minimum Gasteiger partial charge on any atom is -0.486 e. The van der Waals surface area contributed by atoms with Gasteiger partial charge in [-0.15, -0.1) is 0 Å². The van der Waals surface area contributed by atoms with Crippen LogP contribution in [0.3, 0.4) is 0 Å². The first-order chi connectivity index (χ1) is 12.5. The molecule has 7 nitrogen and oxygen atoms in total. The molecule has 8 heteroatoms. The van der Waals surface area contributed by atoms with E-state index in [1.807, 2.05) is 0 Å². The van der Waals surface area contributed by atoms with E-state index in [2.05, 4.69) is 10.6 Å². The number of aliphatic carboxylic acids is 1. The molecule has 2 aromatic carbocycles. The molecule has 3 N–H and O–H groups in total. The van der Waals surface area contributed by atoms with Crippen molar-refractivity contribution in [2.75, 3.05) is 18.5 Å². The summed E-state index contributed by atoms with van der Waals surface area (Å²) in [5.74, 6) is -0.137. The molecule has 26 heavy (non-hydrogen) atoms. The van der Waals surface area contributed by atoms with Crippen molar-refractivity contribution in [3.8, 4) is 11.5 Å². The Kier molecular flexibility index (Phi) is 5.33. The number of nitrogens with one attached hydrogen (secondary N) is 2. The van der Waals surface area contributed by atoms with E-state index in [9.17, 15) is 9.59 Å². The van der Waals surface area contributed by atoms with E-state index in [1.165, 1.54) is 0 Å². The Morgan fingerprint density at radius 3 is 2.42 bits per heavy atom. The van der Waals surface area contributed by atoms with Gasteiger partial charge in [-0.1, -0.05) is 12.1 Å². The lowest BCUT2D eigenvalue weighted by Gasteiger charge is -2.18. The molecule has 1 aliphatic heterocycles. The fourth-order valence-electron chi connectivity index (χ4n) is 2.40. The van der Waals surface area contributed by atoms with Crippen molar-refractivity contribution >= 4 is 34.9 Å². The first kappa shape index (κ1) is 17.7. The van der Waals surface area contributed by atoms with Gasteiger partial charge in [0, 0.05) is 11.3 Å². The maximum atomic E-state index is 12.3. The van der Waals surface area contributed by atoms with Crippen molar-refractivity contribution < 1.29 is 24.2 Å². The molecule has 0 saturated carbocycles. The molecule has 1 aliphatic rings. The third kappa shape index (κ3) is 4.48. The first-order valence-corrected chi connectivity index (χ1v) is 8.25. The average molecular weight is 372 g/mol. The SMILES string of the molecule is O=C(O)Cc1ccc(NC(=S)NC(=O)c2ccc3c(c2)OCCO3)cc1. The Hall–Kier alpha value is -3.13. The fourth-order valence-corrected chi connectivity index (χ4v) is 2.61. The molecule has 0 aromatic heterocycles. The summed E-state index contributed by atoms with van der Waals surface area (Å²) in [6.45, 7) is 0.924. The maximum Gasteiger partial charge on any atom is 0.307 e. The Bertz CT molecular complexity index is 851. The second-order valence-corrected chi connectivity index (χ2v) is 5.94. The number of rotatable bonds is 4. The van der Waals surface area contributed by atoms with E-state index in [4.69, 9.17) is 26.8 Å². The molecule has 134 valence electrons. The van der Waals surface area contributed by atoms with Crippen LogP contribution in [-0.2, 0) is 11.2 Å². The highest BCUT2D eigenvalue weighted by Gasteiger charge is 2.15. The standard InChI is InChI=1S/C18H16N2O5S/c21-16(22)9-11-1-4-13(5-2-11)19-18(26)20-17(23)12-3-6-14-15(10-12)25-8-7-24-14/h1-6,10H,7-9H2,(H,21,22)(H2,19,20,23,26). The van der Waals surface area contributed by atoms with E-state index in [0.29, 0.717) is 41.5 Å². The lowest BCUT2D eigenvalue weighted by atomic mass is 10.1. The van der Waals surface area contributed by atoms with Crippen LogP contribution in [0.15, 0.2) is 42.5 Å². The largest absolute Gasteiger partial charge is 0.486 e. The molecule has 1 heterocycles. The third-order valence-corrected chi connectivity index (χ3v) is 3.80. The molecule has 0 spiro atoms. The lowest BCUT2D eigenvalue weighted by molar-refractivity contribution is -0.136. The highest BCUT2D eigenvalue weighted by molar-refractivity contribution is 7.80. The second-order valence-electron chi connectivity index (χ2n) is 5.53. The van der Waals surface area contributed by atoms with Gasteiger partial charge in [0.05, 0.1) is 6.42 Å². The number of ether oxygens (including phenoxy) is 2. The average Bonchev–Trinajstić information content (AvgIpc) is 2.62. The number of hydrogen-bond donors (Lipinski definition) is 3. The quantitative estimate of drug-likeness (QED) is 0.708. The molecule has 3 rings (SSSR count). The van der Waals surface area contributed by atoms with Gasteiger partial charge in [0.15, 0.2) is 16.6 Å². The van der Waals surface area contributed by atoms with Crippen LogP contribution < -0.4 is 20.1 Å².